The number of nitrogens with one attached hydrogen (secondary N) is 1. The van der Waals surface area contributed by atoms with Gasteiger partial charge >= 0.3 is 0 Å². The van der Waals surface area contributed by atoms with Crippen molar-refractivity contribution in [3.05, 3.63) is 87.4 Å². The Labute approximate surface area is 187 Å². The molecule has 0 bridgehead atoms. The first kappa shape index (κ1) is 22.2. The summed E-state index contributed by atoms with van der Waals surface area (Å²) in [6.45, 7) is 4.16. The minimum Gasteiger partial charge on any atom is -0.496 e. The fourth-order valence-electron chi connectivity index (χ4n) is 3.30. The minimum absolute atomic E-state index is 0.501. The van der Waals surface area contributed by atoms with Gasteiger partial charge in [-0.2, -0.15) is 0 Å². The number of para-hydroxylation sites is 1. The molecule has 0 heterocycles. The topological polar surface area (TPSA) is 39.7 Å². The lowest BCUT2D eigenvalue weighted by atomic mass is 10.1. The summed E-state index contributed by atoms with van der Waals surface area (Å²) in [6.07, 6.45) is 0.899. The van der Waals surface area contributed by atoms with Gasteiger partial charge in [-0.25, -0.2) is 0 Å². The Hall–Kier alpha value is -2.50. The molecular formula is C25H28BrNO3. The molecule has 0 spiro atoms. The first-order valence-electron chi connectivity index (χ1n) is 9.98. The van der Waals surface area contributed by atoms with E-state index >= 15 is 0 Å². The summed E-state index contributed by atoms with van der Waals surface area (Å²) in [5.74, 6) is 2.38. The van der Waals surface area contributed by atoms with E-state index in [1.54, 1.807) is 14.2 Å². The molecule has 0 radical (unpaired) electrons. The second kappa shape index (κ2) is 11.0. The maximum Gasteiger partial charge on any atom is 0.162 e. The summed E-state index contributed by atoms with van der Waals surface area (Å²) in [6, 6.07) is 20.4. The molecule has 1 N–H and O–H groups in total. The van der Waals surface area contributed by atoms with Crippen molar-refractivity contribution in [2.75, 3.05) is 20.8 Å². The number of methoxy groups -OCH3 is 2. The number of hydrogen-bond acceptors (Lipinski definition) is 4. The van der Waals surface area contributed by atoms with Crippen LogP contribution in [-0.2, 0) is 19.6 Å². The van der Waals surface area contributed by atoms with E-state index in [2.05, 4.69) is 52.4 Å². The Morgan fingerprint density at radius 1 is 0.833 bits per heavy atom. The van der Waals surface area contributed by atoms with E-state index in [1.165, 1.54) is 11.1 Å². The predicted octanol–water partition coefficient (Wildman–Crippen LogP) is 5.69. The third kappa shape index (κ3) is 6.00. The lowest BCUT2D eigenvalue weighted by Gasteiger charge is -2.15. The average molecular weight is 470 g/mol. The summed E-state index contributed by atoms with van der Waals surface area (Å²) >= 11 is 3.67. The van der Waals surface area contributed by atoms with E-state index in [9.17, 15) is 0 Å². The standard InChI is InChI=1S/C25H28BrNO3/c1-18-7-6-8-19(13-18)17-30-25-15-22(26)21(14-24(25)29-3)16-27-12-11-20-9-4-5-10-23(20)28-2/h4-10,13-15,27H,11-12,16-17H2,1-3H3. The first-order valence-corrected chi connectivity index (χ1v) is 10.8. The second-order valence-corrected chi connectivity index (χ2v) is 7.97. The molecule has 0 aliphatic carbocycles. The molecule has 4 nitrogen and oxygen atoms in total. The van der Waals surface area contributed by atoms with Gasteiger partial charge in [-0.3, -0.25) is 0 Å². The molecule has 0 saturated carbocycles. The lowest BCUT2D eigenvalue weighted by molar-refractivity contribution is 0.284. The molecule has 5 heteroatoms. The van der Waals surface area contributed by atoms with Gasteiger partial charge < -0.3 is 19.5 Å². The van der Waals surface area contributed by atoms with Crippen LogP contribution in [0.3, 0.4) is 0 Å². The van der Waals surface area contributed by atoms with Crippen LogP contribution in [0, 0.1) is 6.92 Å². The van der Waals surface area contributed by atoms with Crippen LogP contribution in [0.4, 0.5) is 0 Å². The molecule has 0 saturated heterocycles. The van der Waals surface area contributed by atoms with Crippen LogP contribution in [0.15, 0.2) is 65.1 Å². The minimum atomic E-state index is 0.501. The number of halogens is 1. The first-order chi connectivity index (χ1) is 14.6. The highest BCUT2D eigenvalue weighted by Crippen LogP contribution is 2.34. The Balaban J connectivity index is 1.59. The zero-order valence-corrected chi connectivity index (χ0v) is 19.3. The van der Waals surface area contributed by atoms with Gasteiger partial charge in [-0.05, 0) is 54.8 Å². The van der Waals surface area contributed by atoms with Crippen molar-refractivity contribution >= 4 is 15.9 Å². The zero-order chi connectivity index (χ0) is 21.3. The van der Waals surface area contributed by atoms with Crippen molar-refractivity contribution < 1.29 is 14.2 Å². The maximum absolute atomic E-state index is 6.02. The predicted molar refractivity (Wildman–Crippen MR) is 125 cm³/mol. The molecular weight excluding hydrogens is 442 g/mol. The maximum atomic E-state index is 6.02. The van der Waals surface area contributed by atoms with Crippen molar-refractivity contribution in [3.63, 3.8) is 0 Å². The van der Waals surface area contributed by atoms with E-state index in [1.807, 2.05) is 36.4 Å². The van der Waals surface area contributed by atoms with Crippen LogP contribution in [0.25, 0.3) is 0 Å². The van der Waals surface area contributed by atoms with E-state index < -0.39 is 0 Å². The molecule has 158 valence electrons. The van der Waals surface area contributed by atoms with Gasteiger partial charge in [0.05, 0.1) is 14.2 Å². The molecule has 0 aromatic heterocycles. The van der Waals surface area contributed by atoms with Gasteiger partial charge in [0.25, 0.3) is 0 Å². The molecule has 3 aromatic carbocycles. The van der Waals surface area contributed by atoms with Gasteiger partial charge in [0, 0.05) is 11.0 Å². The highest BCUT2D eigenvalue weighted by molar-refractivity contribution is 9.10. The summed E-state index contributed by atoms with van der Waals surface area (Å²) in [5, 5.41) is 3.50. The van der Waals surface area contributed by atoms with E-state index in [4.69, 9.17) is 14.2 Å². The highest BCUT2D eigenvalue weighted by Gasteiger charge is 2.11. The second-order valence-electron chi connectivity index (χ2n) is 7.11. The highest BCUT2D eigenvalue weighted by atomic mass is 79.9. The van der Waals surface area contributed by atoms with Crippen molar-refractivity contribution in [1.29, 1.82) is 0 Å². The Bertz CT molecular complexity index is 974. The summed E-state index contributed by atoms with van der Waals surface area (Å²) in [5.41, 5.74) is 4.67. The number of hydrogen-bond donors (Lipinski definition) is 1. The third-order valence-corrected chi connectivity index (χ3v) is 5.63. The molecule has 0 unspecified atom stereocenters. The Morgan fingerprint density at radius 3 is 2.40 bits per heavy atom. The number of benzene rings is 3. The van der Waals surface area contributed by atoms with Crippen LogP contribution >= 0.6 is 15.9 Å². The lowest BCUT2D eigenvalue weighted by Crippen LogP contribution is -2.17. The Morgan fingerprint density at radius 2 is 1.63 bits per heavy atom. The number of aryl methyl sites for hydroxylation is 1. The van der Waals surface area contributed by atoms with Crippen LogP contribution in [0.1, 0.15) is 22.3 Å². The van der Waals surface area contributed by atoms with Crippen molar-refractivity contribution in [3.8, 4) is 17.2 Å². The molecule has 0 aliphatic heterocycles. The van der Waals surface area contributed by atoms with E-state index in [0.29, 0.717) is 6.61 Å². The number of ether oxygens (including phenoxy) is 3. The van der Waals surface area contributed by atoms with Crippen molar-refractivity contribution in [2.45, 2.75) is 26.5 Å². The molecule has 0 fully saturated rings. The van der Waals surface area contributed by atoms with Gasteiger partial charge in [-0.15, -0.1) is 0 Å². The van der Waals surface area contributed by atoms with E-state index in [-0.39, 0.29) is 0 Å². The SMILES string of the molecule is COc1ccccc1CCNCc1cc(OC)c(OCc2cccc(C)c2)cc1Br. The van der Waals surface area contributed by atoms with Crippen LogP contribution in [0.2, 0.25) is 0 Å². The summed E-state index contributed by atoms with van der Waals surface area (Å²) in [4.78, 5) is 0. The van der Waals surface area contributed by atoms with Crippen LogP contribution < -0.4 is 19.5 Å². The van der Waals surface area contributed by atoms with Crippen LogP contribution in [-0.4, -0.2) is 20.8 Å². The van der Waals surface area contributed by atoms with Gasteiger partial charge in [-0.1, -0.05) is 64.0 Å². The van der Waals surface area contributed by atoms with Crippen molar-refractivity contribution in [1.82, 2.24) is 5.32 Å². The molecule has 0 amide bonds. The molecule has 0 aliphatic rings. The molecule has 3 rings (SSSR count). The van der Waals surface area contributed by atoms with E-state index in [0.717, 1.165) is 52.4 Å². The molecule has 3 aromatic rings. The van der Waals surface area contributed by atoms with Gasteiger partial charge in [0.1, 0.15) is 12.4 Å². The monoisotopic (exact) mass is 469 g/mol. The fraction of sp³-hybridized carbons (Fsp3) is 0.280. The third-order valence-electron chi connectivity index (χ3n) is 4.89. The molecule has 30 heavy (non-hydrogen) atoms. The smallest absolute Gasteiger partial charge is 0.162 e. The van der Waals surface area contributed by atoms with Gasteiger partial charge in [0.2, 0.25) is 0 Å². The fourth-order valence-corrected chi connectivity index (χ4v) is 3.77. The quantitative estimate of drug-likeness (QED) is 0.387. The molecule has 0 atom stereocenters. The summed E-state index contributed by atoms with van der Waals surface area (Å²) in [7, 11) is 3.37. The summed E-state index contributed by atoms with van der Waals surface area (Å²) < 4.78 is 18.0. The van der Waals surface area contributed by atoms with Crippen molar-refractivity contribution in [2.24, 2.45) is 0 Å². The number of rotatable bonds is 10. The normalized spacial score (nSPS) is 10.7. The van der Waals surface area contributed by atoms with Gasteiger partial charge in [0.15, 0.2) is 11.5 Å². The largest absolute Gasteiger partial charge is 0.496 e. The Kier molecular flexibility index (Phi) is 8.17. The average Bonchev–Trinajstić information content (AvgIpc) is 2.76. The van der Waals surface area contributed by atoms with Crippen LogP contribution in [0.5, 0.6) is 17.2 Å². The zero-order valence-electron chi connectivity index (χ0n) is 17.7.